The van der Waals surface area contributed by atoms with Crippen molar-refractivity contribution in [2.75, 3.05) is 20.4 Å². The van der Waals surface area contributed by atoms with E-state index >= 15 is 0 Å². The van der Waals surface area contributed by atoms with E-state index in [1.807, 2.05) is 6.92 Å². The first-order valence-electron chi connectivity index (χ1n) is 8.68. The fourth-order valence-electron chi connectivity index (χ4n) is 3.14. The van der Waals surface area contributed by atoms with Crippen molar-refractivity contribution in [3.63, 3.8) is 0 Å². The van der Waals surface area contributed by atoms with Crippen molar-refractivity contribution < 1.29 is 23.9 Å². The maximum Gasteiger partial charge on any atom is 0.330 e. The van der Waals surface area contributed by atoms with E-state index in [0.29, 0.717) is 6.42 Å². The van der Waals surface area contributed by atoms with E-state index in [4.69, 9.17) is 14.2 Å². The number of hydrogen-bond donors (Lipinski definition) is 0. The second-order valence-electron chi connectivity index (χ2n) is 6.42. The van der Waals surface area contributed by atoms with Crippen LogP contribution in [0.3, 0.4) is 0 Å². The van der Waals surface area contributed by atoms with Crippen LogP contribution in [-0.4, -0.2) is 43.5 Å². The van der Waals surface area contributed by atoms with E-state index in [2.05, 4.69) is 18.7 Å². The Morgan fingerprint density at radius 2 is 2.20 bits per heavy atom. The molecule has 1 aliphatic carbocycles. The standard InChI is InChI=1S/C18H29NO6/c1-4-18(20)25-14(2)8-6-5-7-9-15-10-17(24-13-23-3)11-16(15)12-19(21)22/h4,7,9,14-17H,1,5-6,8,10-13H2,2-3H3/b9-7+/t14-,15+,16-,17-/m0/s1. The molecule has 0 N–H and O–H groups in total. The number of carbonyl (C=O) groups is 1. The van der Waals surface area contributed by atoms with Crippen LogP contribution < -0.4 is 0 Å². The van der Waals surface area contributed by atoms with Gasteiger partial charge in [0.15, 0.2) is 0 Å². The number of nitro groups is 1. The third-order valence-electron chi connectivity index (χ3n) is 4.36. The summed E-state index contributed by atoms with van der Waals surface area (Å²) in [5.41, 5.74) is 0. The number of nitrogens with zero attached hydrogens (tertiary/aromatic N) is 1. The summed E-state index contributed by atoms with van der Waals surface area (Å²) < 4.78 is 15.6. The van der Waals surface area contributed by atoms with Gasteiger partial charge >= 0.3 is 5.97 Å². The van der Waals surface area contributed by atoms with Crippen LogP contribution in [-0.2, 0) is 19.0 Å². The maximum atomic E-state index is 11.1. The van der Waals surface area contributed by atoms with E-state index in [0.717, 1.165) is 31.8 Å². The van der Waals surface area contributed by atoms with Gasteiger partial charge in [0, 0.05) is 24.0 Å². The summed E-state index contributed by atoms with van der Waals surface area (Å²) in [6.07, 6.45) is 9.15. The molecule has 7 heteroatoms. The molecule has 0 aromatic rings. The van der Waals surface area contributed by atoms with Crippen molar-refractivity contribution in [3.8, 4) is 0 Å². The maximum absolute atomic E-state index is 11.1. The minimum absolute atomic E-state index is 0.000533. The molecule has 1 rings (SSSR count). The number of hydrogen-bond acceptors (Lipinski definition) is 6. The number of allylic oxidation sites excluding steroid dienone is 2. The summed E-state index contributed by atoms with van der Waals surface area (Å²) in [5, 5.41) is 10.9. The summed E-state index contributed by atoms with van der Waals surface area (Å²) >= 11 is 0. The highest BCUT2D eigenvalue weighted by Crippen LogP contribution is 2.35. The van der Waals surface area contributed by atoms with Crippen molar-refractivity contribution >= 4 is 5.97 Å². The number of esters is 1. The molecule has 142 valence electrons. The Balaban J connectivity index is 2.37. The SMILES string of the molecule is C=CC(=O)O[C@@H](C)CCC/C=C/[C@@H]1C[C@H](OCOC)C[C@H]1C[N+](=O)[O-]. The summed E-state index contributed by atoms with van der Waals surface area (Å²) in [6.45, 7) is 5.41. The van der Waals surface area contributed by atoms with Crippen LogP contribution in [0.2, 0.25) is 0 Å². The number of methoxy groups -OCH3 is 1. The molecule has 1 aliphatic rings. The molecule has 0 saturated heterocycles. The largest absolute Gasteiger partial charge is 0.460 e. The van der Waals surface area contributed by atoms with Crippen LogP contribution in [0.5, 0.6) is 0 Å². The Bertz CT molecular complexity index is 464. The lowest BCUT2D eigenvalue weighted by Gasteiger charge is -2.12. The molecule has 7 nitrogen and oxygen atoms in total. The molecule has 0 bridgehead atoms. The Morgan fingerprint density at radius 1 is 1.44 bits per heavy atom. The van der Waals surface area contributed by atoms with Crippen LogP contribution in [0.1, 0.15) is 39.0 Å². The molecule has 4 atom stereocenters. The molecule has 0 heterocycles. The number of unbranched alkanes of at least 4 members (excludes halogenated alkanes) is 1. The molecule has 0 aromatic carbocycles. The Kier molecular flexibility index (Phi) is 10.0. The van der Waals surface area contributed by atoms with Gasteiger partial charge in [-0.2, -0.15) is 0 Å². The molecule has 0 unspecified atom stereocenters. The van der Waals surface area contributed by atoms with E-state index in [9.17, 15) is 14.9 Å². The molecule has 0 spiro atoms. The van der Waals surface area contributed by atoms with Gasteiger partial charge in [-0.25, -0.2) is 4.79 Å². The normalized spacial score (nSPS) is 24.3. The topological polar surface area (TPSA) is 87.9 Å². The zero-order chi connectivity index (χ0) is 18.7. The summed E-state index contributed by atoms with van der Waals surface area (Å²) in [5.74, 6) is -0.248. The van der Waals surface area contributed by atoms with Gasteiger partial charge in [-0.05, 0) is 44.9 Å². The smallest absolute Gasteiger partial charge is 0.330 e. The van der Waals surface area contributed by atoms with E-state index in [1.165, 1.54) is 0 Å². The summed E-state index contributed by atoms with van der Waals surface area (Å²) in [4.78, 5) is 21.7. The fourth-order valence-corrected chi connectivity index (χ4v) is 3.14. The first-order chi connectivity index (χ1) is 12.0. The third-order valence-corrected chi connectivity index (χ3v) is 4.36. The van der Waals surface area contributed by atoms with Crippen LogP contribution in [0, 0.1) is 22.0 Å². The minimum atomic E-state index is -0.404. The zero-order valence-electron chi connectivity index (χ0n) is 15.1. The molecule has 1 saturated carbocycles. The van der Waals surface area contributed by atoms with Crippen LogP contribution in [0.15, 0.2) is 24.8 Å². The van der Waals surface area contributed by atoms with Gasteiger partial charge in [-0.3, -0.25) is 10.1 Å². The van der Waals surface area contributed by atoms with Crippen molar-refractivity contribution in [1.82, 2.24) is 0 Å². The fraction of sp³-hybridized carbons (Fsp3) is 0.722. The number of ether oxygens (including phenoxy) is 3. The predicted molar refractivity (Wildman–Crippen MR) is 93.6 cm³/mol. The second kappa shape index (κ2) is 11.8. The van der Waals surface area contributed by atoms with E-state index < -0.39 is 5.97 Å². The quantitative estimate of drug-likeness (QED) is 0.102. The summed E-state index contributed by atoms with van der Waals surface area (Å²) in [6, 6.07) is 0. The number of carbonyl (C=O) groups excluding carboxylic acids is 1. The first kappa shape index (κ1) is 21.3. The molecular formula is C18H29NO6. The lowest BCUT2D eigenvalue weighted by Crippen LogP contribution is -2.17. The predicted octanol–water partition coefficient (Wildman–Crippen LogP) is 3.12. The first-order valence-corrected chi connectivity index (χ1v) is 8.68. The van der Waals surface area contributed by atoms with Gasteiger partial charge in [-0.15, -0.1) is 0 Å². The van der Waals surface area contributed by atoms with Gasteiger partial charge in [-0.1, -0.05) is 18.7 Å². The molecule has 1 fully saturated rings. The highest BCUT2D eigenvalue weighted by atomic mass is 16.7. The zero-order valence-corrected chi connectivity index (χ0v) is 15.1. The average molecular weight is 355 g/mol. The lowest BCUT2D eigenvalue weighted by molar-refractivity contribution is -0.489. The summed E-state index contributed by atoms with van der Waals surface area (Å²) in [7, 11) is 1.56. The molecule has 0 aromatic heterocycles. The molecular weight excluding hydrogens is 326 g/mol. The van der Waals surface area contributed by atoms with Gasteiger partial charge in [0.05, 0.1) is 12.2 Å². The van der Waals surface area contributed by atoms with Gasteiger partial charge < -0.3 is 14.2 Å². The van der Waals surface area contributed by atoms with Gasteiger partial charge in [0.2, 0.25) is 6.54 Å². The highest BCUT2D eigenvalue weighted by molar-refractivity contribution is 5.81. The van der Waals surface area contributed by atoms with Gasteiger partial charge in [0.25, 0.3) is 0 Å². The van der Waals surface area contributed by atoms with E-state index in [-0.39, 0.29) is 42.3 Å². The molecule has 0 aliphatic heterocycles. The van der Waals surface area contributed by atoms with Crippen molar-refractivity contribution in [2.45, 2.75) is 51.2 Å². The molecule has 0 radical (unpaired) electrons. The monoisotopic (exact) mass is 355 g/mol. The highest BCUT2D eigenvalue weighted by Gasteiger charge is 2.36. The second-order valence-corrected chi connectivity index (χ2v) is 6.42. The Morgan fingerprint density at radius 3 is 2.84 bits per heavy atom. The van der Waals surface area contributed by atoms with Crippen LogP contribution in [0.25, 0.3) is 0 Å². The van der Waals surface area contributed by atoms with Crippen molar-refractivity contribution in [3.05, 3.63) is 34.9 Å². The lowest BCUT2D eigenvalue weighted by atomic mass is 9.95. The molecule has 0 amide bonds. The average Bonchev–Trinajstić information content (AvgIpc) is 2.93. The van der Waals surface area contributed by atoms with Crippen LogP contribution >= 0.6 is 0 Å². The minimum Gasteiger partial charge on any atom is -0.460 e. The Hall–Kier alpha value is -1.73. The third kappa shape index (κ3) is 8.79. The van der Waals surface area contributed by atoms with Crippen molar-refractivity contribution in [2.24, 2.45) is 11.8 Å². The van der Waals surface area contributed by atoms with Crippen LogP contribution in [0.4, 0.5) is 0 Å². The Labute approximate surface area is 149 Å². The van der Waals surface area contributed by atoms with Gasteiger partial charge in [0.1, 0.15) is 6.79 Å². The van der Waals surface area contributed by atoms with Crippen molar-refractivity contribution in [1.29, 1.82) is 0 Å². The number of rotatable bonds is 12. The molecule has 25 heavy (non-hydrogen) atoms. The van der Waals surface area contributed by atoms with E-state index in [1.54, 1.807) is 7.11 Å².